The lowest BCUT2D eigenvalue weighted by Gasteiger charge is -2.21. The normalized spacial score (nSPS) is 18.8. The van der Waals surface area contributed by atoms with Crippen molar-refractivity contribution >= 4 is 28.9 Å². The minimum atomic E-state index is -0.310. The minimum absolute atomic E-state index is 0.119. The average molecular weight is 395 g/mol. The maximum absolute atomic E-state index is 12.5. The van der Waals surface area contributed by atoms with Gasteiger partial charge in [-0.1, -0.05) is 0 Å². The predicted octanol–water partition coefficient (Wildman–Crippen LogP) is 3.47. The Bertz CT molecular complexity index is 909. The molecule has 1 aliphatic carbocycles. The number of fused-ring (bicyclic) bond motifs is 1. The molecular weight excluding hydrogens is 370 g/mol. The molecule has 0 aromatic heterocycles. The molecule has 7 heteroatoms. The van der Waals surface area contributed by atoms with Crippen LogP contribution in [0.25, 0.3) is 0 Å². The van der Waals surface area contributed by atoms with Crippen LogP contribution in [0, 0.1) is 11.8 Å². The first-order valence-corrected chi connectivity index (χ1v) is 9.95. The summed E-state index contributed by atoms with van der Waals surface area (Å²) in [6.45, 7) is 6.28. The van der Waals surface area contributed by atoms with Gasteiger partial charge in [-0.25, -0.2) is 0 Å². The van der Waals surface area contributed by atoms with E-state index in [1.54, 1.807) is 18.2 Å². The minimum Gasteiger partial charge on any atom is -0.454 e. The van der Waals surface area contributed by atoms with Crippen LogP contribution in [0.1, 0.15) is 20.3 Å². The van der Waals surface area contributed by atoms with E-state index in [2.05, 4.69) is 29.4 Å². The number of anilines is 3. The third kappa shape index (κ3) is 4.13. The molecule has 2 atom stereocenters. The number of rotatable bonds is 7. The quantitative estimate of drug-likeness (QED) is 0.750. The molecule has 2 aromatic carbocycles. The molecule has 152 valence electrons. The molecule has 0 saturated heterocycles. The molecule has 2 N–H and O–H groups in total. The van der Waals surface area contributed by atoms with Crippen LogP contribution in [0.4, 0.5) is 17.1 Å². The lowest BCUT2D eigenvalue weighted by Crippen LogP contribution is -2.22. The van der Waals surface area contributed by atoms with Gasteiger partial charge in [-0.15, -0.1) is 0 Å². The van der Waals surface area contributed by atoms with Crippen LogP contribution < -0.4 is 25.0 Å². The fourth-order valence-corrected chi connectivity index (χ4v) is 3.56. The maximum Gasteiger partial charge on any atom is 0.231 e. The Morgan fingerprint density at radius 3 is 2.14 bits per heavy atom. The predicted molar refractivity (Wildman–Crippen MR) is 111 cm³/mol. The van der Waals surface area contributed by atoms with Gasteiger partial charge in [0.05, 0.1) is 11.8 Å². The van der Waals surface area contributed by atoms with Gasteiger partial charge in [-0.05, 0) is 56.7 Å². The summed E-state index contributed by atoms with van der Waals surface area (Å²) in [5.74, 6) is 0.397. The fraction of sp³-hybridized carbons (Fsp3) is 0.364. The zero-order valence-electron chi connectivity index (χ0n) is 16.6. The summed E-state index contributed by atoms with van der Waals surface area (Å²) >= 11 is 0. The van der Waals surface area contributed by atoms with Crippen molar-refractivity contribution in [2.24, 2.45) is 11.8 Å². The summed E-state index contributed by atoms with van der Waals surface area (Å²) in [5, 5.41) is 5.77. The highest BCUT2D eigenvalue weighted by Crippen LogP contribution is 2.41. The third-order valence-corrected chi connectivity index (χ3v) is 5.37. The van der Waals surface area contributed by atoms with Gasteiger partial charge >= 0.3 is 0 Å². The lowest BCUT2D eigenvalue weighted by atomic mass is 10.2. The van der Waals surface area contributed by atoms with Crippen molar-refractivity contribution in [1.82, 2.24) is 0 Å². The number of hydrogen-bond donors (Lipinski definition) is 2. The Balaban J connectivity index is 1.30. The van der Waals surface area contributed by atoms with E-state index in [4.69, 9.17) is 9.47 Å². The maximum atomic E-state index is 12.5. The van der Waals surface area contributed by atoms with Gasteiger partial charge in [0.25, 0.3) is 0 Å². The second-order valence-electron chi connectivity index (χ2n) is 7.21. The van der Waals surface area contributed by atoms with Crippen molar-refractivity contribution in [2.45, 2.75) is 20.3 Å². The second kappa shape index (κ2) is 8.03. The molecule has 0 spiro atoms. The van der Waals surface area contributed by atoms with Gasteiger partial charge in [0.2, 0.25) is 18.6 Å². The lowest BCUT2D eigenvalue weighted by molar-refractivity contribution is -0.122. The van der Waals surface area contributed by atoms with Gasteiger partial charge in [0.15, 0.2) is 11.5 Å². The van der Waals surface area contributed by atoms with Crippen LogP contribution in [-0.2, 0) is 9.59 Å². The van der Waals surface area contributed by atoms with E-state index in [0.29, 0.717) is 23.6 Å². The van der Waals surface area contributed by atoms with Gasteiger partial charge in [0.1, 0.15) is 0 Å². The van der Waals surface area contributed by atoms with Crippen LogP contribution in [-0.4, -0.2) is 31.7 Å². The van der Waals surface area contributed by atoms with E-state index in [9.17, 15) is 9.59 Å². The Kier molecular flexibility index (Phi) is 5.29. The molecule has 7 nitrogen and oxygen atoms in total. The van der Waals surface area contributed by atoms with Crippen LogP contribution in [0.15, 0.2) is 42.5 Å². The first kappa shape index (κ1) is 19.1. The van der Waals surface area contributed by atoms with Crippen LogP contribution in [0.3, 0.4) is 0 Å². The Labute approximate surface area is 170 Å². The highest BCUT2D eigenvalue weighted by atomic mass is 16.7. The third-order valence-electron chi connectivity index (χ3n) is 5.37. The molecule has 1 aliphatic heterocycles. The zero-order chi connectivity index (χ0) is 20.4. The molecule has 2 amide bonds. The molecule has 2 aromatic rings. The molecule has 4 rings (SSSR count). The highest BCUT2D eigenvalue weighted by Gasteiger charge is 2.48. The van der Waals surface area contributed by atoms with Crippen molar-refractivity contribution < 1.29 is 19.1 Å². The highest BCUT2D eigenvalue weighted by molar-refractivity contribution is 6.03. The van der Waals surface area contributed by atoms with E-state index in [-0.39, 0.29) is 30.4 Å². The van der Waals surface area contributed by atoms with E-state index in [1.165, 1.54) is 0 Å². The first-order valence-electron chi connectivity index (χ1n) is 9.95. The fourth-order valence-electron chi connectivity index (χ4n) is 3.56. The van der Waals surface area contributed by atoms with E-state index >= 15 is 0 Å². The molecule has 1 fully saturated rings. The van der Waals surface area contributed by atoms with Crippen molar-refractivity contribution in [3.63, 3.8) is 0 Å². The Morgan fingerprint density at radius 1 is 0.897 bits per heavy atom. The second-order valence-corrected chi connectivity index (χ2v) is 7.21. The Morgan fingerprint density at radius 2 is 1.48 bits per heavy atom. The molecule has 29 heavy (non-hydrogen) atoms. The summed E-state index contributed by atoms with van der Waals surface area (Å²) in [7, 11) is 0. The molecule has 2 unspecified atom stereocenters. The summed E-state index contributed by atoms with van der Waals surface area (Å²) in [6.07, 6.45) is 0.555. The van der Waals surface area contributed by atoms with Crippen molar-refractivity contribution in [1.29, 1.82) is 0 Å². The molecule has 0 radical (unpaired) electrons. The number of hydrogen-bond acceptors (Lipinski definition) is 5. The van der Waals surface area contributed by atoms with E-state index in [1.807, 2.05) is 24.3 Å². The van der Waals surface area contributed by atoms with Crippen molar-refractivity contribution in [3.8, 4) is 11.5 Å². The van der Waals surface area contributed by atoms with Crippen LogP contribution in [0.5, 0.6) is 11.5 Å². The van der Waals surface area contributed by atoms with Gasteiger partial charge in [0, 0.05) is 36.2 Å². The number of nitrogens with one attached hydrogen (secondary N) is 2. The topological polar surface area (TPSA) is 79.9 Å². The number of carbonyl (C=O) groups is 2. The number of amides is 2. The van der Waals surface area contributed by atoms with Crippen molar-refractivity contribution in [3.05, 3.63) is 42.5 Å². The SMILES string of the molecule is CCN(CC)c1ccc(NC(=O)C2CC2C(=O)Nc2ccc3c(c2)OCO3)cc1. The molecule has 0 bridgehead atoms. The van der Waals surface area contributed by atoms with Crippen LogP contribution >= 0.6 is 0 Å². The molecule has 1 heterocycles. The standard InChI is InChI=1S/C22H25N3O4/c1-3-25(4-2)16-8-5-14(6-9-16)23-21(26)17-12-18(17)22(27)24-15-7-10-19-20(11-15)29-13-28-19/h5-11,17-18H,3-4,12-13H2,1-2H3,(H,23,26)(H,24,27). The number of benzene rings is 2. The summed E-state index contributed by atoms with van der Waals surface area (Å²) in [6, 6.07) is 13.1. The summed E-state index contributed by atoms with van der Waals surface area (Å²) < 4.78 is 10.6. The van der Waals surface area contributed by atoms with E-state index < -0.39 is 0 Å². The Hall–Kier alpha value is -3.22. The summed E-state index contributed by atoms with van der Waals surface area (Å²) in [4.78, 5) is 27.2. The molecular formula is C22H25N3O4. The number of nitrogens with zero attached hydrogens (tertiary/aromatic N) is 1. The van der Waals surface area contributed by atoms with Gasteiger partial charge in [-0.3, -0.25) is 9.59 Å². The average Bonchev–Trinajstić information content (AvgIpc) is 3.41. The van der Waals surface area contributed by atoms with Crippen LogP contribution in [0.2, 0.25) is 0 Å². The number of ether oxygens (including phenoxy) is 2. The zero-order valence-corrected chi connectivity index (χ0v) is 16.6. The smallest absolute Gasteiger partial charge is 0.231 e. The largest absolute Gasteiger partial charge is 0.454 e. The summed E-state index contributed by atoms with van der Waals surface area (Å²) in [5.41, 5.74) is 2.51. The van der Waals surface area contributed by atoms with Gasteiger partial charge in [-0.2, -0.15) is 0 Å². The van der Waals surface area contributed by atoms with Crippen molar-refractivity contribution in [2.75, 3.05) is 35.4 Å². The monoisotopic (exact) mass is 395 g/mol. The first-order chi connectivity index (χ1) is 14.1. The number of carbonyl (C=O) groups excluding carboxylic acids is 2. The van der Waals surface area contributed by atoms with Gasteiger partial charge < -0.3 is 25.0 Å². The van der Waals surface area contributed by atoms with E-state index in [0.717, 1.165) is 24.5 Å². The molecule has 2 aliphatic rings. The molecule has 1 saturated carbocycles.